The molecule has 4 heteroatoms. The first kappa shape index (κ1) is 17.5. The Morgan fingerprint density at radius 1 is 1.08 bits per heavy atom. The SMILES string of the molecule is COc1ccc(CC(=O)N2CCC(Cc3ccc(CO)cc3)C2)cc1. The van der Waals surface area contributed by atoms with E-state index in [1.54, 1.807) is 7.11 Å². The molecule has 1 amide bonds. The summed E-state index contributed by atoms with van der Waals surface area (Å²) in [6.45, 7) is 1.75. The molecule has 4 nitrogen and oxygen atoms in total. The van der Waals surface area contributed by atoms with Crippen molar-refractivity contribution in [3.8, 4) is 5.75 Å². The first-order chi connectivity index (χ1) is 12.2. The Bertz CT molecular complexity index is 694. The zero-order valence-electron chi connectivity index (χ0n) is 14.6. The fourth-order valence-electron chi connectivity index (χ4n) is 3.37. The second-order valence-electron chi connectivity index (χ2n) is 6.70. The molecule has 0 aliphatic carbocycles. The zero-order valence-corrected chi connectivity index (χ0v) is 14.6. The minimum atomic E-state index is 0.0807. The summed E-state index contributed by atoms with van der Waals surface area (Å²) >= 11 is 0. The van der Waals surface area contributed by atoms with Gasteiger partial charge in [0, 0.05) is 13.1 Å². The fourth-order valence-corrected chi connectivity index (χ4v) is 3.37. The molecule has 0 aromatic heterocycles. The summed E-state index contributed by atoms with van der Waals surface area (Å²) < 4.78 is 5.15. The van der Waals surface area contributed by atoms with Gasteiger partial charge in [-0.1, -0.05) is 36.4 Å². The monoisotopic (exact) mass is 339 g/mol. The van der Waals surface area contributed by atoms with Crippen molar-refractivity contribution in [2.24, 2.45) is 5.92 Å². The van der Waals surface area contributed by atoms with Crippen LogP contribution in [0.2, 0.25) is 0 Å². The quantitative estimate of drug-likeness (QED) is 0.880. The lowest BCUT2D eigenvalue weighted by Gasteiger charge is -2.17. The molecule has 1 unspecified atom stereocenters. The maximum atomic E-state index is 12.5. The Morgan fingerprint density at radius 3 is 2.36 bits per heavy atom. The smallest absolute Gasteiger partial charge is 0.226 e. The molecular weight excluding hydrogens is 314 g/mol. The van der Waals surface area contributed by atoms with Crippen LogP contribution in [0.5, 0.6) is 5.75 Å². The Kier molecular flexibility index (Phi) is 5.71. The average molecular weight is 339 g/mol. The molecule has 2 aromatic carbocycles. The predicted octanol–water partition coefficient (Wildman–Crippen LogP) is 2.82. The second-order valence-corrected chi connectivity index (χ2v) is 6.70. The van der Waals surface area contributed by atoms with Gasteiger partial charge in [0.2, 0.25) is 5.91 Å². The lowest BCUT2D eigenvalue weighted by atomic mass is 9.98. The highest BCUT2D eigenvalue weighted by atomic mass is 16.5. The van der Waals surface area contributed by atoms with Gasteiger partial charge < -0.3 is 14.7 Å². The maximum absolute atomic E-state index is 12.5. The lowest BCUT2D eigenvalue weighted by molar-refractivity contribution is -0.129. The normalized spacial score (nSPS) is 16.9. The van der Waals surface area contributed by atoms with Crippen molar-refractivity contribution in [2.45, 2.75) is 25.9 Å². The number of carbonyl (C=O) groups is 1. The first-order valence-corrected chi connectivity index (χ1v) is 8.77. The minimum absolute atomic E-state index is 0.0807. The highest BCUT2D eigenvalue weighted by molar-refractivity contribution is 5.79. The van der Waals surface area contributed by atoms with Crippen LogP contribution in [0.15, 0.2) is 48.5 Å². The molecule has 0 radical (unpaired) electrons. The number of methoxy groups -OCH3 is 1. The molecule has 1 atom stereocenters. The number of amides is 1. The van der Waals surface area contributed by atoms with E-state index in [1.807, 2.05) is 41.3 Å². The molecule has 0 saturated carbocycles. The van der Waals surface area contributed by atoms with Crippen LogP contribution < -0.4 is 4.74 Å². The van der Waals surface area contributed by atoms with E-state index >= 15 is 0 Å². The van der Waals surface area contributed by atoms with Crippen LogP contribution in [0, 0.1) is 5.92 Å². The van der Waals surface area contributed by atoms with E-state index in [1.165, 1.54) is 5.56 Å². The van der Waals surface area contributed by atoms with Crippen LogP contribution in [0.1, 0.15) is 23.1 Å². The summed E-state index contributed by atoms with van der Waals surface area (Å²) in [5.74, 6) is 1.52. The van der Waals surface area contributed by atoms with Crippen LogP contribution in [-0.4, -0.2) is 36.1 Å². The summed E-state index contributed by atoms with van der Waals surface area (Å²) in [6, 6.07) is 15.8. The number of rotatable bonds is 6. The number of nitrogens with zero attached hydrogens (tertiary/aromatic N) is 1. The topological polar surface area (TPSA) is 49.8 Å². The van der Waals surface area contributed by atoms with Gasteiger partial charge in [0.1, 0.15) is 5.75 Å². The van der Waals surface area contributed by atoms with Crippen LogP contribution in [0.3, 0.4) is 0 Å². The van der Waals surface area contributed by atoms with Gasteiger partial charge in [-0.2, -0.15) is 0 Å². The first-order valence-electron chi connectivity index (χ1n) is 8.77. The zero-order chi connectivity index (χ0) is 17.6. The number of ether oxygens (including phenoxy) is 1. The molecule has 1 aliphatic rings. The van der Waals surface area contributed by atoms with Crippen molar-refractivity contribution in [3.63, 3.8) is 0 Å². The highest BCUT2D eigenvalue weighted by Crippen LogP contribution is 2.22. The maximum Gasteiger partial charge on any atom is 0.226 e. The number of carbonyl (C=O) groups excluding carboxylic acids is 1. The minimum Gasteiger partial charge on any atom is -0.497 e. The predicted molar refractivity (Wildman–Crippen MR) is 97.5 cm³/mol. The van der Waals surface area contributed by atoms with Crippen molar-refractivity contribution >= 4 is 5.91 Å². The van der Waals surface area contributed by atoms with Gasteiger partial charge in [-0.05, 0) is 47.6 Å². The Labute approximate surface area is 149 Å². The molecule has 25 heavy (non-hydrogen) atoms. The van der Waals surface area contributed by atoms with Crippen molar-refractivity contribution in [3.05, 3.63) is 65.2 Å². The number of likely N-dealkylation sites (tertiary alicyclic amines) is 1. The van der Waals surface area contributed by atoms with Crippen LogP contribution in [0.4, 0.5) is 0 Å². The third-order valence-electron chi connectivity index (χ3n) is 4.88. The van der Waals surface area contributed by atoms with Gasteiger partial charge in [0.05, 0.1) is 20.1 Å². The number of aliphatic hydroxyl groups is 1. The summed E-state index contributed by atoms with van der Waals surface area (Å²) in [5.41, 5.74) is 3.23. The highest BCUT2D eigenvalue weighted by Gasteiger charge is 2.26. The number of hydrogen-bond acceptors (Lipinski definition) is 3. The second kappa shape index (κ2) is 8.17. The molecule has 1 heterocycles. The van der Waals surface area contributed by atoms with Crippen molar-refractivity contribution < 1.29 is 14.6 Å². The molecule has 0 bridgehead atoms. The van der Waals surface area contributed by atoms with Gasteiger partial charge in [-0.15, -0.1) is 0 Å². The molecule has 1 N–H and O–H groups in total. The van der Waals surface area contributed by atoms with E-state index in [-0.39, 0.29) is 12.5 Å². The van der Waals surface area contributed by atoms with E-state index in [4.69, 9.17) is 9.84 Å². The third-order valence-corrected chi connectivity index (χ3v) is 4.88. The fraction of sp³-hybridized carbons (Fsp3) is 0.381. The summed E-state index contributed by atoms with van der Waals surface area (Å²) in [5, 5.41) is 9.11. The van der Waals surface area contributed by atoms with E-state index in [0.29, 0.717) is 12.3 Å². The molecule has 3 rings (SSSR count). The van der Waals surface area contributed by atoms with Crippen LogP contribution in [0.25, 0.3) is 0 Å². The van der Waals surface area contributed by atoms with Crippen LogP contribution >= 0.6 is 0 Å². The van der Waals surface area contributed by atoms with E-state index in [0.717, 1.165) is 42.8 Å². The average Bonchev–Trinajstić information content (AvgIpc) is 3.12. The van der Waals surface area contributed by atoms with E-state index in [9.17, 15) is 4.79 Å². The van der Waals surface area contributed by atoms with Gasteiger partial charge in [-0.3, -0.25) is 4.79 Å². The molecule has 1 fully saturated rings. The summed E-state index contributed by atoms with van der Waals surface area (Å²) in [4.78, 5) is 14.5. The number of benzene rings is 2. The third kappa shape index (κ3) is 4.60. The molecule has 1 saturated heterocycles. The summed E-state index contributed by atoms with van der Waals surface area (Å²) in [6.07, 6.45) is 2.48. The Morgan fingerprint density at radius 2 is 1.72 bits per heavy atom. The van der Waals surface area contributed by atoms with Gasteiger partial charge in [0.15, 0.2) is 0 Å². The molecule has 132 valence electrons. The van der Waals surface area contributed by atoms with Crippen molar-refractivity contribution in [1.29, 1.82) is 0 Å². The standard InChI is InChI=1S/C21H25NO3/c1-25-20-8-6-17(7-9-20)13-21(24)22-11-10-19(14-22)12-16-2-4-18(15-23)5-3-16/h2-9,19,23H,10-15H2,1H3. The van der Waals surface area contributed by atoms with Gasteiger partial charge in [0.25, 0.3) is 0 Å². The number of aliphatic hydroxyl groups excluding tert-OH is 1. The Balaban J connectivity index is 1.51. The van der Waals surface area contributed by atoms with Crippen molar-refractivity contribution in [1.82, 2.24) is 4.90 Å². The molecule has 2 aromatic rings. The molecule has 0 spiro atoms. The van der Waals surface area contributed by atoms with Gasteiger partial charge in [-0.25, -0.2) is 0 Å². The van der Waals surface area contributed by atoms with E-state index in [2.05, 4.69) is 12.1 Å². The Hall–Kier alpha value is -2.33. The van der Waals surface area contributed by atoms with Crippen LogP contribution in [-0.2, 0) is 24.2 Å². The molecule has 1 aliphatic heterocycles. The largest absolute Gasteiger partial charge is 0.497 e. The van der Waals surface area contributed by atoms with E-state index < -0.39 is 0 Å². The summed E-state index contributed by atoms with van der Waals surface area (Å²) in [7, 11) is 1.64. The van der Waals surface area contributed by atoms with Crippen molar-refractivity contribution in [2.75, 3.05) is 20.2 Å². The lowest BCUT2D eigenvalue weighted by Crippen LogP contribution is -2.30. The molecular formula is C21H25NO3. The van der Waals surface area contributed by atoms with Gasteiger partial charge >= 0.3 is 0 Å². The number of hydrogen-bond donors (Lipinski definition) is 1.